The smallest absolute Gasteiger partial charge is 0.202 e. The molecule has 108 valence electrons. The topological polar surface area (TPSA) is 60.0 Å². The van der Waals surface area contributed by atoms with E-state index in [1.54, 1.807) is 6.20 Å². The molecule has 0 aromatic carbocycles. The van der Waals surface area contributed by atoms with Crippen LogP contribution in [0.25, 0.3) is 11.2 Å². The summed E-state index contributed by atoms with van der Waals surface area (Å²) in [4.78, 5) is 11.1. The molecule has 5 nitrogen and oxygen atoms in total. The minimum Gasteiger partial charge on any atom is -0.369 e. The average Bonchev–Trinajstić information content (AvgIpc) is 2.69. The fourth-order valence-electron chi connectivity index (χ4n) is 2.86. The minimum absolute atomic E-state index is 0.246. The molecule has 2 N–H and O–H groups in total. The molecule has 2 aromatic heterocycles. The number of hydrogen-bond acceptors (Lipinski definition) is 4. The van der Waals surface area contributed by atoms with Gasteiger partial charge in [-0.15, -0.1) is 0 Å². The Bertz CT molecular complexity index is 628. The Morgan fingerprint density at radius 2 is 2.10 bits per heavy atom. The average molecular weight is 294 g/mol. The molecular formula is C14H20ClN5. The molecule has 0 atom stereocenters. The Morgan fingerprint density at radius 1 is 1.40 bits per heavy atom. The van der Waals surface area contributed by atoms with Gasteiger partial charge in [-0.05, 0) is 44.5 Å². The predicted molar refractivity (Wildman–Crippen MR) is 81.8 cm³/mol. The summed E-state index contributed by atoms with van der Waals surface area (Å²) in [5, 5.41) is 0.590. The predicted octanol–water partition coefficient (Wildman–Crippen LogP) is 2.40. The van der Waals surface area contributed by atoms with Crippen molar-refractivity contribution in [2.45, 2.75) is 26.3 Å². The van der Waals surface area contributed by atoms with Crippen LogP contribution in [0.15, 0.2) is 12.3 Å². The van der Waals surface area contributed by atoms with Crippen molar-refractivity contribution in [3.63, 3.8) is 0 Å². The van der Waals surface area contributed by atoms with Crippen LogP contribution >= 0.6 is 11.6 Å². The van der Waals surface area contributed by atoms with Gasteiger partial charge in [-0.25, -0.2) is 9.97 Å². The zero-order valence-electron chi connectivity index (χ0n) is 11.9. The zero-order valence-corrected chi connectivity index (χ0v) is 12.7. The largest absolute Gasteiger partial charge is 0.369 e. The number of piperidine rings is 1. The SMILES string of the molecule is CN1CCC(C)(Cn2c(N)nc3cc(Cl)cnc32)CC1. The molecule has 6 heteroatoms. The van der Waals surface area contributed by atoms with Crippen molar-refractivity contribution >= 4 is 28.7 Å². The summed E-state index contributed by atoms with van der Waals surface area (Å²) < 4.78 is 2.02. The Balaban J connectivity index is 1.92. The molecule has 3 heterocycles. The number of likely N-dealkylation sites (tertiary alicyclic amines) is 1. The standard InChI is InChI=1S/C14H20ClN5/c1-14(3-5-19(2)6-4-14)9-20-12-11(18-13(20)16)7-10(15)8-17-12/h7-8H,3-6,9H2,1-2H3,(H2,16,18). The summed E-state index contributed by atoms with van der Waals surface area (Å²) in [6.45, 7) is 5.43. The van der Waals surface area contributed by atoms with Gasteiger partial charge in [0.15, 0.2) is 5.65 Å². The highest BCUT2D eigenvalue weighted by Crippen LogP contribution is 2.34. The number of fused-ring (bicyclic) bond motifs is 1. The van der Waals surface area contributed by atoms with E-state index in [0.29, 0.717) is 11.0 Å². The normalized spacial score (nSPS) is 19.6. The maximum atomic E-state index is 6.07. The Hall–Kier alpha value is -1.33. The van der Waals surface area contributed by atoms with E-state index in [9.17, 15) is 0 Å². The summed E-state index contributed by atoms with van der Waals surface area (Å²) in [6, 6.07) is 1.81. The van der Waals surface area contributed by atoms with Crippen LogP contribution in [-0.2, 0) is 6.54 Å². The summed E-state index contributed by atoms with van der Waals surface area (Å²) in [5.74, 6) is 0.523. The van der Waals surface area contributed by atoms with E-state index in [-0.39, 0.29) is 5.41 Å². The lowest BCUT2D eigenvalue weighted by Gasteiger charge is -2.38. The van der Waals surface area contributed by atoms with E-state index < -0.39 is 0 Å². The first kappa shape index (κ1) is 13.6. The fourth-order valence-corrected chi connectivity index (χ4v) is 3.01. The lowest BCUT2D eigenvalue weighted by molar-refractivity contribution is 0.122. The lowest BCUT2D eigenvalue weighted by Crippen LogP contribution is -2.38. The maximum Gasteiger partial charge on any atom is 0.202 e. The molecule has 0 saturated carbocycles. The molecular weight excluding hydrogens is 274 g/mol. The Kier molecular flexibility index (Phi) is 3.34. The van der Waals surface area contributed by atoms with E-state index in [4.69, 9.17) is 17.3 Å². The highest BCUT2D eigenvalue weighted by Gasteiger charge is 2.30. The van der Waals surface area contributed by atoms with Gasteiger partial charge in [-0.3, -0.25) is 4.57 Å². The second-order valence-electron chi connectivity index (χ2n) is 6.17. The lowest BCUT2D eigenvalue weighted by atomic mass is 9.80. The van der Waals surface area contributed by atoms with Crippen molar-refractivity contribution < 1.29 is 0 Å². The molecule has 0 spiro atoms. The van der Waals surface area contributed by atoms with Gasteiger partial charge in [0.1, 0.15) is 5.52 Å². The molecule has 0 amide bonds. The molecule has 2 aromatic rings. The number of hydrogen-bond donors (Lipinski definition) is 1. The number of nitrogen functional groups attached to an aromatic ring is 1. The Labute approximate surface area is 123 Å². The fraction of sp³-hybridized carbons (Fsp3) is 0.571. The molecule has 0 aliphatic carbocycles. The van der Waals surface area contributed by atoms with Crippen molar-refractivity contribution in [2.75, 3.05) is 25.9 Å². The van der Waals surface area contributed by atoms with Gasteiger partial charge in [-0.2, -0.15) is 0 Å². The van der Waals surface area contributed by atoms with Crippen molar-refractivity contribution in [1.82, 2.24) is 19.4 Å². The number of nitrogens with zero attached hydrogens (tertiary/aromatic N) is 4. The second kappa shape index (κ2) is 4.90. The van der Waals surface area contributed by atoms with Crippen molar-refractivity contribution in [2.24, 2.45) is 5.41 Å². The van der Waals surface area contributed by atoms with Crippen LogP contribution < -0.4 is 5.73 Å². The van der Waals surface area contributed by atoms with Gasteiger partial charge in [0.05, 0.1) is 5.02 Å². The highest BCUT2D eigenvalue weighted by molar-refractivity contribution is 6.31. The maximum absolute atomic E-state index is 6.07. The molecule has 0 unspecified atom stereocenters. The molecule has 3 rings (SSSR count). The third kappa shape index (κ3) is 2.47. The van der Waals surface area contributed by atoms with Crippen molar-refractivity contribution in [3.8, 4) is 0 Å². The Morgan fingerprint density at radius 3 is 2.80 bits per heavy atom. The first-order chi connectivity index (χ1) is 9.47. The van der Waals surface area contributed by atoms with Crippen molar-refractivity contribution in [3.05, 3.63) is 17.3 Å². The van der Waals surface area contributed by atoms with Crippen LogP contribution in [-0.4, -0.2) is 39.6 Å². The molecule has 1 fully saturated rings. The molecule has 20 heavy (non-hydrogen) atoms. The van der Waals surface area contributed by atoms with E-state index >= 15 is 0 Å². The van der Waals surface area contributed by atoms with E-state index in [1.807, 2.05) is 10.6 Å². The van der Waals surface area contributed by atoms with E-state index in [2.05, 4.69) is 28.8 Å². The second-order valence-corrected chi connectivity index (χ2v) is 6.60. The summed E-state index contributed by atoms with van der Waals surface area (Å²) in [6.07, 6.45) is 3.98. The summed E-state index contributed by atoms with van der Waals surface area (Å²) in [7, 11) is 2.17. The summed E-state index contributed by atoms with van der Waals surface area (Å²) in [5.41, 5.74) is 7.91. The zero-order chi connectivity index (χ0) is 14.3. The molecule has 0 bridgehead atoms. The minimum atomic E-state index is 0.246. The quantitative estimate of drug-likeness (QED) is 0.924. The van der Waals surface area contributed by atoms with E-state index in [0.717, 1.165) is 43.6 Å². The molecule has 1 aliphatic rings. The van der Waals surface area contributed by atoms with Gasteiger partial charge >= 0.3 is 0 Å². The van der Waals surface area contributed by atoms with Crippen LogP contribution in [0.2, 0.25) is 5.02 Å². The van der Waals surface area contributed by atoms with Gasteiger partial charge in [0, 0.05) is 12.7 Å². The number of pyridine rings is 1. The number of imidazole rings is 1. The third-order valence-electron chi connectivity index (χ3n) is 4.32. The van der Waals surface area contributed by atoms with Crippen LogP contribution in [0.5, 0.6) is 0 Å². The van der Waals surface area contributed by atoms with Crippen LogP contribution in [0.4, 0.5) is 5.95 Å². The van der Waals surface area contributed by atoms with Crippen LogP contribution in [0.3, 0.4) is 0 Å². The molecule has 1 saturated heterocycles. The first-order valence-corrected chi connectivity index (χ1v) is 7.30. The number of rotatable bonds is 2. The van der Waals surface area contributed by atoms with Crippen LogP contribution in [0, 0.1) is 5.41 Å². The number of nitrogens with two attached hydrogens (primary N) is 1. The summed E-state index contributed by atoms with van der Waals surface area (Å²) >= 11 is 5.96. The van der Waals surface area contributed by atoms with Crippen molar-refractivity contribution in [1.29, 1.82) is 0 Å². The molecule has 0 radical (unpaired) electrons. The van der Waals surface area contributed by atoms with Gasteiger partial charge in [0.2, 0.25) is 5.95 Å². The number of aromatic nitrogens is 3. The van der Waals surface area contributed by atoms with Gasteiger partial charge < -0.3 is 10.6 Å². The number of halogens is 1. The molecule has 1 aliphatic heterocycles. The third-order valence-corrected chi connectivity index (χ3v) is 4.52. The number of anilines is 1. The monoisotopic (exact) mass is 293 g/mol. The highest BCUT2D eigenvalue weighted by atomic mass is 35.5. The van der Waals surface area contributed by atoms with Gasteiger partial charge in [-0.1, -0.05) is 18.5 Å². The van der Waals surface area contributed by atoms with Gasteiger partial charge in [0.25, 0.3) is 0 Å². The first-order valence-electron chi connectivity index (χ1n) is 6.93. The van der Waals surface area contributed by atoms with E-state index in [1.165, 1.54) is 0 Å². The van der Waals surface area contributed by atoms with Crippen LogP contribution in [0.1, 0.15) is 19.8 Å².